The van der Waals surface area contributed by atoms with Gasteiger partial charge in [-0.3, -0.25) is 0 Å². The zero-order chi connectivity index (χ0) is 17.6. The molecule has 0 atom stereocenters. The van der Waals surface area contributed by atoms with Gasteiger partial charge in [-0.2, -0.15) is 0 Å². The third kappa shape index (κ3) is 4.14. The van der Waals surface area contributed by atoms with Gasteiger partial charge in [-0.05, 0) is 54.9 Å². The number of benzene rings is 3. The second kappa shape index (κ2) is 7.77. The molecule has 0 spiro atoms. The smallest absolute Gasteiger partial charge is 0.338 e. The first-order valence-corrected chi connectivity index (χ1v) is 8.41. The molecule has 0 bridgehead atoms. The van der Waals surface area contributed by atoms with Gasteiger partial charge >= 0.3 is 5.97 Å². The molecule has 0 aliphatic carbocycles. The van der Waals surface area contributed by atoms with E-state index < -0.39 is 0 Å². The minimum atomic E-state index is -0.328. The molecule has 0 saturated heterocycles. The van der Waals surface area contributed by atoms with E-state index in [1.165, 1.54) is 0 Å². The van der Waals surface area contributed by atoms with Crippen LogP contribution in [0.1, 0.15) is 17.3 Å². The Morgan fingerprint density at radius 3 is 2.44 bits per heavy atom. The quantitative estimate of drug-likeness (QED) is 0.522. The van der Waals surface area contributed by atoms with E-state index in [0.29, 0.717) is 17.3 Å². The topological polar surface area (TPSA) is 50.4 Å². The number of thiocarbonyl (C=S) groups is 1. The lowest BCUT2D eigenvalue weighted by atomic mass is 10.1. The first-order valence-electron chi connectivity index (χ1n) is 8.00. The van der Waals surface area contributed by atoms with Crippen LogP contribution in [0.5, 0.6) is 0 Å². The van der Waals surface area contributed by atoms with Crippen LogP contribution in [-0.2, 0) is 4.74 Å². The van der Waals surface area contributed by atoms with Gasteiger partial charge in [-0.1, -0.05) is 36.4 Å². The summed E-state index contributed by atoms with van der Waals surface area (Å²) in [5.41, 5.74) is 2.25. The highest BCUT2D eigenvalue weighted by atomic mass is 32.1. The second-order valence-corrected chi connectivity index (χ2v) is 5.81. The van der Waals surface area contributed by atoms with Gasteiger partial charge in [0, 0.05) is 16.8 Å². The first kappa shape index (κ1) is 16.9. The van der Waals surface area contributed by atoms with Crippen molar-refractivity contribution < 1.29 is 9.53 Å². The Bertz CT molecular complexity index is 902. The van der Waals surface area contributed by atoms with E-state index in [2.05, 4.69) is 28.8 Å². The predicted octanol–water partition coefficient (Wildman–Crippen LogP) is 4.83. The first-order chi connectivity index (χ1) is 12.2. The number of esters is 1. The number of hydrogen-bond acceptors (Lipinski definition) is 3. The number of rotatable bonds is 4. The highest BCUT2D eigenvalue weighted by molar-refractivity contribution is 7.80. The number of ether oxygens (including phenoxy) is 1. The summed E-state index contributed by atoms with van der Waals surface area (Å²) in [6.07, 6.45) is 0. The van der Waals surface area contributed by atoms with E-state index in [9.17, 15) is 4.79 Å². The van der Waals surface area contributed by atoms with Crippen molar-refractivity contribution in [1.82, 2.24) is 0 Å². The van der Waals surface area contributed by atoms with Crippen molar-refractivity contribution in [3.8, 4) is 0 Å². The van der Waals surface area contributed by atoms with Gasteiger partial charge in [0.05, 0.1) is 12.2 Å². The minimum Gasteiger partial charge on any atom is -0.462 e. The maximum Gasteiger partial charge on any atom is 0.338 e. The Labute approximate surface area is 151 Å². The number of carbonyl (C=O) groups is 1. The minimum absolute atomic E-state index is 0.328. The van der Waals surface area contributed by atoms with Crippen molar-refractivity contribution in [2.45, 2.75) is 6.92 Å². The van der Waals surface area contributed by atoms with Crippen LogP contribution in [0.2, 0.25) is 0 Å². The molecule has 3 aromatic rings. The van der Waals surface area contributed by atoms with E-state index in [4.69, 9.17) is 17.0 Å². The van der Waals surface area contributed by atoms with Crippen molar-refractivity contribution in [1.29, 1.82) is 0 Å². The van der Waals surface area contributed by atoms with Crippen LogP contribution in [0.25, 0.3) is 10.8 Å². The van der Waals surface area contributed by atoms with E-state index in [0.717, 1.165) is 22.1 Å². The average Bonchev–Trinajstić information content (AvgIpc) is 2.63. The Balaban J connectivity index is 1.69. The zero-order valence-corrected chi connectivity index (χ0v) is 14.6. The largest absolute Gasteiger partial charge is 0.462 e. The van der Waals surface area contributed by atoms with E-state index in [-0.39, 0.29) is 5.97 Å². The van der Waals surface area contributed by atoms with Gasteiger partial charge in [0.15, 0.2) is 5.11 Å². The molecule has 3 aromatic carbocycles. The van der Waals surface area contributed by atoms with Gasteiger partial charge in [-0.15, -0.1) is 0 Å². The van der Waals surface area contributed by atoms with Crippen LogP contribution in [-0.4, -0.2) is 17.7 Å². The lowest BCUT2D eigenvalue weighted by Crippen LogP contribution is -2.19. The summed E-state index contributed by atoms with van der Waals surface area (Å²) in [5, 5.41) is 9.08. The Morgan fingerprint density at radius 1 is 0.960 bits per heavy atom. The highest BCUT2D eigenvalue weighted by Gasteiger charge is 2.07. The van der Waals surface area contributed by atoms with E-state index >= 15 is 0 Å². The SMILES string of the molecule is CCOC(=O)c1ccc(NC(=S)Nc2cccc3ccccc23)cc1. The molecule has 3 rings (SSSR count). The zero-order valence-electron chi connectivity index (χ0n) is 13.8. The number of nitrogens with one attached hydrogen (secondary N) is 2. The Hall–Kier alpha value is -2.92. The third-order valence-corrected chi connectivity index (χ3v) is 3.90. The Morgan fingerprint density at radius 2 is 1.68 bits per heavy atom. The fraction of sp³-hybridized carbons (Fsp3) is 0.100. The summed E-state index contributed by atoms with van der Waals surface area (Å²) >= 11 is 5.39. The lowest BCUT2D eigenvalue weighted by molar-refractivity contribution is 0.0526. The summed E-state index contributed by atoms with van der Waals surface area (Å²) in [4.78, 5) is 11.7. The summed E-state index contributed by atoms with van der Waals surface area (Å²) in [7, 11) is 0. The predicted molar refractivity (Wildman–Crippen MR) is 106 cm³/mol. The van der Waals surface area contributed by atoms with Crippen LogP contribution in [0.4, 0.5) is 11.4 Å². The Kier molecular flexibility index (Phi) is 5.26. The summed E-state index contributed by atoms with van der Waals surface area (Å²) in [5.74, 6) is -0.328. The standard InChI is InChI=1S/C20H18N2O2S/c1-2-24-19(23)15-10-12-16(13-11-15)21-20(25)22-18-9-5-7-14-6-3-4-8-17(14)18/h3-13H,2H2,1H3,(H2,21,22,25). The van der Waals surface area contributed by atoms with Crippen LogP contribution >= 0.6 is 12.2 Å². The molecule has 5 heteroatoms. The molecule has 0 aromatic heterocycles. The number of fused-ring (bicyclic) bond motifs is 1. The molecule has 126 valence electrons. The molecule has 4 nitrogen and oxygen atoms in total. The average molecular weight is 350 g/mol. The van der Waals surface area contributed by atoms with Gasteiger partial charge in [0.1, 0.15) is 0 Å². The maximum absolute atomic E-state index is 11.7. The molecule has 0 aliphatic heterocycles. The molecule has 0 radical (unpaired) electrons. The molecule has 0 amide bonds. The molecule has 2 N–H and O–H groups in total. The van der Waals surface area contributed by atoms with Crippen LogP contribution in [0.3, 0.4) is 0 Å². The number of carbonyl (C=O) groups excluding carboxylic acids is 1. The van der Waals surface area contributed by atoms with Crippen molar-refractivity contribution in [2.75, 3.05) is 17.2 Å². The molecule has 0 aliphatic rings. The highest BCUT2D eigenvalue weighted by Crippen LogP contribution is 2.23. The summed E-state index contributed by atoms with van der Waals surface area (Å²) < 4.78 is 4.97. The molecular formula is C20H18N2O2S. The molecule has 25 heavy (non-hydrogen) atoms. The van der Waals surface area contributed by atoms with Crippen LogP contribution < -0.4 is 10.6 Å². The summed E-state index contributed by atoms with van der Waals surface area (Å²) in [6.45, 7) is 2.14. The van der Waals surface area contributed by atoms with Crippen molar-refractivity contribution >= 4 is 45.4 Å². The molecule has 0 heterocycles. The van der Waals surface area contributed by atoms with Crippen molar-refractivity contribution in [3.63, 3.8) is 0 Å². The monoisotopic (exact) mass is 350 g/mol. The van der Waals surface area contributed by atoms with Gasteiger partial charge in [-0.25, -0.2) is 4.79 Å². The van der Waals surface area contributed by atoms with E-state index in [1.807, 2.05) is 24.3 Å². The molecular weight excluding hydrogens is 332 g/mol. The van der Waals surface area contributed by atoms with Crippen LogP contribution in [0.15, 0.2) is 66.7 Å². The fourth-order valence-electron chi connectivity index (χ4n) is 2.52. The third-order valence-electron chi connectivity index (χ3n) is 3.69. The van der Waals surface area contributed by atoms with Crippen molar-refractivity contribution in [3.05, 3.63) is 72.3 Å². The lowest BCUT2D eigenvalue weighted by Gasteiger charge is -2.13. The van der Waals surface area contributed by atoms with E-state index in [1.54, 1.807) is 31.2 Å². The molecule has 0 saturated carbocycles. The fourth-order valence-corrected chi connectivity index (χ4v) is 2.75. The van der Waals surface area contributed by atoms with Gasteiger partial charge < -0.3 is 15.4 Å². The normalized spacial score (nSPS) is 10.3. The number of anilines is 2. The van der Waals surface area contributed by atoms with Gasteiger partial charge in [0.25, 0.3) is 0 Å². The van der Waals surface area contributed by atoms with Crippen molar-refractivity contribution in [2.24, 2.45) is 0 Å². The molecule has 0 fully saturated rings. The maximum atomic E-state index is 11.7. The molecule has 0 unspecified atom stereocenters. The second-order valence-electron chi connectivity index (χ2n) is 5.40. The van der Waals surface area contributed by atoms with Gasteiger partial charge in [0.2, 0.25) is 0 Å². The van der Waals surface area contributed by atoms with Crippen LogP contribution in [0, 0.1) is 0 Å². The number of hydrogen-bond donors (Lipinski definition) is 2. The summed E-state index contributed by atoms with van der Waals surface area (Å²) in [6, 6.07) is 21.2.